The van der Waals surface area contributed by atoms with E-state index in [4.69, 9.17) is 4.74 Å². The summed E-state index contributed by atoms with van der Waals surface area (Å²) in [6, 6.07) is 10.3. The first-order chi connectivity index (χ1) is 14.6. The van der Waals surface area contributed by atoms with Crippen LogP contribution in [0.25, 0.3) is 0 Å². The Hall–Kier alpha value is -2.70. The van der Waals surface area contributed by atoms with Crippen LogP contribution in [0.3, 0.4) is 0 Å². The van der Waals surface area contributed by atoms with Crippen molar-refractivity contribution >= 4 is 11.9 Å². The Balaban J connectivity index is 1.58. The number of likely N-dealkylation sites (tertiary alicyclic amines) is 1. The second-order valence-corrected chi connectivity index (χ2v) is 8.02. The molecule has 0 radical (unpaired) electrons. The predicted molar refractivity (Wildman–Crippen MR) is 114 cm³/mol. The van der Waals surface area contributed by atoms with Gasteiger partial charge < -0.3 is 9.64 Å². The molecule has 0 N–H and O–H groups in total. The molecule has 0 saturated carbocycles. The van der Waals surface area contributed by atoms with E-state index in [1.807, 2.05) is 30.0 Å². The third-order valence-electron chi connectivity index (χ3n) is 5.85. The van der Waals surface area contributed by atoms with Crippen molar-refractivity contribution in [2.24, 2.45) is 5.41 Å². The fourth-order valence-electron chi connectivity index (χ4n) is 4.28. The van der Waals surface area contributed by atoms with Crippen LogP contribution in [0.1, 0.15) is 51.0 Å². The van der Waals surface area contributed by atoms with Gasteiger partial charge in [0.15, 0.2) is 0 Å². The predicted octanol–water partition coefficient (Wildman–Crippen LogP) is 3.25. The molecule has 0 unspecified atom stereocenters. The van der Waals surface area contributed by atoms with Gasteiger partial charge in [-0.1, -0.05) is 30.3 Å². The minimum Gasteiger partial charge on any atom is -0.466 e. The molecule has 0 spiro atoms. The van der Waals surface area contributed by atoms with Crippen LogP contribution in [-0.4, -0.2) is 51.2 Å². The third-order valence-corrected chi connectivity index (χ3v) is 5.85. The first-order valence-electron chi connectivity index (χ1n) is 10.9. The highest BCUT2D eigenvalue weighted by molar-refractivity contribution is 5.80. The smallest absolute Gasteiger partial charge is 0.313 e. The van der Waals surface area contributed by atoms with Crippen molar-refractivity contribution in [1.82, 2.24) is 19.7 Å². The molecule has 1 amide bonds. The zero-order chi connectivity index (χ0) is 21.2. The molecule has 1 aliphatic rings. The molecule has 30 heavy (non-hydrogen) atoms. The lowest BCUT2D eigenvalue weighted by molar-refractivity contribution is -0.161. The van der Waals surface area contributed by atoms with Gasteiger partial charge in [0.2, 0.25) is 5.91 Å². The number of aromatic nitrogens is 3. The quantitative estimate of drug-likeness (QED) is 0.560. The minimum absolute atomic E-state index is 0.103. The van der Waals surface area contributed by atoms with Crippen LogP contribution in [0.5, 0.6) is 0 Å². The average Bonchev–Trinajstić information content (AvgIpc) is 3.28. The Kier molecular flexibility index (Phi) is 7.99. The maximum absolute atomic E-state index is 12.9. The maximum atomic E-state index is 12.9. The second kappa shape index (κ2) is 10.9. The molecule has 2 aromatic rings. The Labute approximate surface area is 178 Å². The van der Waals surface area contributed by atoms with Crippen LogP contribution < -0.4 is 0 Å². The SMILES string of the molecule is CCOC(=O)[C@@]1(CCCc2ccccc2)CCCN(C(=O)CCCn2cncn2)C1. The standard InChI is InChI=1S/C23H32N4O3/c1-2-30-22(29)23(13-6-11-20-9-4-3-5-10-20)14-8-15-26(17-23)21(28)12-7-16-27-19-24-18-25-27/h3-5,9-10,18-19H,2,6-8,11-17H2,1H3/t23-/m0/s1. The number of ether oxygens (including phenoxy) is 1. The molecule has 1 saturated heterocycles. The number of esters is 1. The van der Waals surface area contributed by atoms with Crippen molar-refractivity contribution in [3.8, 4) is 0 Å². The van der Waals surface area contributed by atoms with Gasteiger partial charge in [0.05, 0.1) is 12.0 Å². The monoisotopic (exact) mass is 412 g/mol. The van der Waals surface area contributed by atoms with E-state index in [1.54, 1.807) is 11.0 Å². The summed E-state index contributed by atoms with van der Waals surface area (Å²) in [6.07, 6.45) is 8.48. The molecular formula is C23H32N4O3. The first kappa shape index (κ1) is 22.0. The topological polar surface area (TPSA) is 77.3 Å². The molecule has 1 aliphatic heterocycles. The van der Waals surface area contributed by atoms with E-state index >= 15 is 0 Å². The van der Waals surface area contributed by atoms with Crippen molar-refractivity contribution in [3.63, 3.8) is 0 Å². The molecule has 1 fully saturated rings. The van der Waals surface area contributed by atoms with Crippen LogP contribution in [0, 0.1) is 5.41 Å². The number of carbonyl (C=O) groups is 2. The van der Waals surface area contributed by atoms with Gasteiger partial charge in [-0.25, -0.2) is 4.98 Å². The van der Waals surface area contributed by atoms with E-state index < -0.39 is 5.41 Å². The Morgan fingerprint density at radius 1 is 1.20 bits per heavy atom. The van der Waals surface area contributed by atoms with Gasteiger partial charge in [-0.15, -0.1) is 0 Å². The number of piperidine rings is 1. The summed E-state index contributed by atoms with van der Waals surface area (Å²) in [5, 5.41) is 4.07. The van der Waals surface area contributed by atoms with Gasteiger partial charge in [-0.3, -0.25) is 14.3 Å². The zero-order valence-electron chi connectivity index (χ0n) is 17.8. The number of carbonyl (C=O) groups excluding carboxylic acids is 2. The normalized spacial score (nSPS) is 18.9. The van der Waals surface area contributed by atoms with Gasteiger partial charge in [0.1, 0.15) is 12.7 Å². The van der Waals surface area contributed by atoms with Crippen LogP contribution >= 0.6 is 0 Å². The maximum Gasteiger partial charge on any atom is 0.313 e. The van der Waals surface area contributed by atoms with E-state index in [9.17, 15) is 9.59 Å². The number of rotatable bonds is 10. The van der Waals surface area contributed by atoms with Crippen LogP contribution in [-0.2, 0) is 27.3 Å². The summed E-state index contributed by atoms with van der Waals surface area (Å²) in [7, 11) is 0. The van der Waals surface area contributed by atoms with E-state index in [0.717, 1.165) is 32.1 Å². The molecule has 162 valence electrons. The van der Waals surface area contributed by atoms with Crippen LogP contribution in [0.15, 0.2) is 43.0 Å². The van der Waals surface area contributed by atoms with E-state index in [0.29, 0.717) is 39.1 Å². The number of nitrogens with zero attached hydrogens (tertiary/aromatic N) is 4. The third kappa shape index (κ3) is 5.90. The molecule has 0 bridgehead atoms. The largest absolute Gasteiger partial charge is 0.466 e. The summed E-state index contributed by atoms with van der Waals surface area (Å²) in [6.45, 7) is 4.04. The lowest BCUT2D eigenvalue weighted by atomic mass is 9.75. The molecule has 1 atom stereocenters. The van der Waals surface area contributed by atoms with Crippen molar-refractivity contribution in [1.29, 1.82) is 0 Å². The molecule has 7 heteroatoms. The number of amides is 1. The number of hydrogen-bond donors (Lipinski definition) is 0. The molecule has 0 aliphatic carbocycles. The number of aryl methyl sites for hydroxylation is 2. The van der Waals surface area contributed by atoms with Crippen LogP contribution in [0.4, 0.5) is 0 Å². The molecule has 3 rings (SSSR count). The Morgan fingerprint density at radius 2 is 2.03 bits per heavy atom. The lowest BCUT2D eigenvalue weighted by Crippen LogP contribution is -2.50. The second-order valence-electron chi connectivity index (χ2n) is 8.02. The van der Waals surface area contributed by atoms with E-state index in [1.165, 1.54) is 11.9 Å². The zero-order valence-corrected chi connectivity index (χ0v) is 17.8. The summed E-state index contributed by atoms with van der Waals surface area (Å²) >= 11 is 0. The van der Waals surface area contributed by atoms with Crippen molar-refractivity contribution in [2.45, 2.75) is 58.4 Å². The summed E-state index contributed by atoms with van der Waals surface area (Å²) in [5.74, 6) is -0.0512. The van der Waals surface area contributed by atoms with Crippen molar-refractivity contribution in [3.05, 3.63) is 48.5 Å². The van der Waals surface area contributed by atoms with Gasteiger partial charge in [-0.2, -0.15) is 5.10 Å². The summed E-state index contributed by atoms with van der Waals surface area (Å²) < 4.78 is 7.18. The summed E-state index contributed by atoms with van der Waals surface area (Å²) in [4.78, 5) is 31.5. The summed E-state index contributed by atoms with van der Waals surface area (Å²) in [5.41, 5.74) is 0.679. The fourth-order valence-corrected chi connectivity index (χ4v) is 4.28. The number of hydrogen-bond acceptors (Lipinski definition) is 5. The van der Waals surface area contributed by atoms with Gasteiger partial charge in [-0.05, 0) is 51.0 Å². The van der Waals surface area contributed by atoms with Crippen LogP contribution in [0.2, 0.25) is 0 Å². The Morgan fingerprint density at radius 3 is 2.77 bits per heavy atom. The van der Waals surface area contributed by atoms with E-state index in [-0.39, 0.29) is 11.9 Å². The fraction of sp³-hybridized carbons (Fsp3) is 0.565. The molecule has 1 aromatic carbocycles. The lowest BCUT2D eigenvalue weighted by Gasteiger charge is -2.41. The van der Waals surface area contributed by atoms with Gasteiger partial charge in [0.25, 0.3) is 0 Å². The first-order valence-corrected chi connectivity index (χ1v) is 10.9. The highest BCUT2D eigenvalue weighted by atomic mass is 16.5. The minimum atomic E-state index is -0.593. The Bertz CT molecular complexity index is 794. The highest BCUT2D eigenvalue weighted by Gasteiger charge is 2.44. The van der Waals surface area contributed by atoms with Crippen molar-refractivity contribution < 1.29 is 14.3 Å². The number of benzene rings is 1. The highest BCUT2D eigenvalue weighted by Crippen LogP contribution is 2.37. The average molecular weight is 413 g/mol. The van der Waals surface area contributed by atoms with Crippen molar-refractivity contribution in [2.75, 3.05) is 19.7 Å². The van der Waals surface area contributed by atoms with Gasteiger partial charge in [0, 0.05) is 26.1 Å². The van der Waals surface area contributed by atoms with E-state index in [2.05, 4.69) is 22.2 Å². The molecule has 2 heterocycles. The van der Waals surface area contributed by atoms with Gasteiger partial charge >= 0.3 is 5.97 Å². The molecule has 7 nitrogen and oxygen atoms in total. The molecular weight excluding hydrogens is 380 g/mol. The molecule has 1 aromatic heterocycles.